The van der Waals surface area contributed by atoms with Crippen LogP contribution in [0, 0.1) is 12.8 Å². The van der Waals surface area contributed by atoms with Gasteiger partial charge in [0.05, 0.1) is 74.4 Å². The largest absolute Gasteiger partial charge is 0.497 e. The summed E-state index contributed by atoms with van der Waals surface area (Å²) in [4.78, 5) is 82.8. The van der Waals surface area contributed by atoms with Gasteiger partial charge in [0.2, 0.25) is 11.5 Å². The van der Waals surface area contributed by atoms with Crippen molar-refractivity contribution in [1.82, 2.24) is 15.2 Å². The van der Waals surface area contributed by atoms with Gasteiger partial charge >= 0.3 is 11.9 Å². The number of fused-ring (bicyclic) bond motifs is 1. The van der Waals surface area contributed by atoms with E-state index >= 15 is 0 Å². The molecule has 0 radical (unpaired) electrons. The van der Waals surface area contributed by atoms with Crippen molar-refractivity contribution < 1.29 is 66.5 Å². The summed E-state index contributed by atoms with van der Waals surface area (Å²) < 4.78 is 40.7. The van der Waals surface area contributed by atoms with Crippen molar-refractivity contribution in [2.24, 2.45) is 11.1 Å². The number of β-lactam (4-membered cyclic amide) rings is 1. The topological polar surface area (TPSA) is 200 Å². The van der Waals surface area contributed by atoms with E-state index in [0.717, 1.165) is 61.0 Å². The zero-order valence-electron chi connectivity index (χ0n) is 48.5. The highest BCUT2D eigenvalue weighted by atomic mass is 35.5. The minimum Gasteiger partial charge on any atom is -0.497 e. The number of likely N-dealkylation sites (tertiary alicyclic amines) is 1. The zero-order valence-corrected chi connectivity index (χ0v) is 50.9. The number of oxime groups is 1. The first-order chi connectivity index (χ1) is 39.7. The van der Waals surface area contributed by atoms with Crippen LogP contribution in [-0.4, -0.2) is 126 Å². The van der Waals surface area contributed by atoms with Crippen molar-refractivity contribution in [2.45, 2.75) is 110 Å². The van der Waals surface area contributed by atoms with Crippen molar-refractivity contribution in [3.05, 3.63) is 140 Å². The number of carbonyl (C=O) groups excluding carboxylic acids is 5. The van der Waals surface area contributed by atoms with Gasteiger partial charge in [-0.1, -0.05) is 53.2 Å². The van der Waals surface area contributed by atoms with E-state index in [1.54, 1.807) is 90.8 Å². The van der Waals surface area contributed by atoms with Crippen molar-refractivity contribution in [2.75, 3.05) is 59.8 Å². The number of hydrogen-bond acceptors (Lipinski definition) is 17. The second-order valence-electron chi connectivity index (χ2n) is 22.2. The standard InChI is InChI=1S/C62H72ClN5O13S2/c1-39-65-49(38-82-39)53(66-81-62(5,6)60(73)80-61(2,3)4)50(69)32-48-57(71)67-54(59(72)79-36-42-18-24-46(76-9)25-19-42)43(37-83-58(48)67)33-68(29-12-10-11-13-30-68)31-28-64-56(70)47-26-27-51(77-34-40-14-20-44(74-7)21-15-40)55(52(47)63)78-35-41-16-22-45(75-8)23-17-41/h14-27,38,48,58H,10-13,28-37H2,1-9H3/p+1/b66-53-. The van der Waals surface area contributed by atoms with E-state index in [9.17, 15) is 24.0 Å². The number of ketones is 1. The predicted octanol–water partition coefficient (Wildman–Crippen LogP) is 10.4. The molecule has 0 spiro atoms. The second-order valence-corrected chi connectivity index (χ2v) is 24.7. The van der Waals surface area contributed by atoms with Gasteiger partial charge in [-0.3, -0.25) is 19.3 Å². The number of nitrogens with zero attached hydrogens (tertiary/aromatic N) is 4. The zero-order chi connectivity index (χ0) is 59.5. The molecule has 4 heterocycles. The fourth-order valence-electron chi connectivity index (χ4n) is 9.92. The molecule has 0 aliphatic carbocycles. The van der Waals surface area contributed by atoms with E-state index in [1.165, 1.54) is 41.8 Å². The molecule has 4 aromatic carbocycles. The molecule has 83 heavy (non-hydrogen) atoms. The number of carbonyl (C=O) groups is 5. The van der Waals surface area contributed by atoms with Gasteiger partial charge in [-0.05, 0) is 132 Å². The van der Waals surface area contributed by atoms with Crippen molar-refractivity contribution in [1.29, 1.82) is 0 Å². The molecule has 1 N–H and O–H groups in total. The lowest BCUT2D eigenvalue weighted by Crippen LogP contribution is -2.63. The molecule has 442 valence electrons. The van der Waals surface area contributed by atoms with E-state index in [1.807, 2.05) is 48.5 Å². The Bertz CT molecular complexity index is 3190. The maximum absolute atomic E-state index is 14.7. The Morgan fingerprint density at radius 3 is 1.92 bits per heavy atom. The Labute approximate surface area is 498 Å². The average Bonchev–Trinajstić information content (AvgIpc) is 3.22. The van der Waals surface area contributed by atoms with Crippen LogP contribution >= 0.6 is 34.7 Å². The van der Waals surface area contributed by atoms with Gasteiger partial charge in [0.25, 0.3) is 5.91 Å². The Balaban J connectivity index is 1.03. The molecule has 3 aliphatic rings. The number of amides is 2. The Hall–Kier alpha value is -7.13. The summed E-state index contributed by atoms with van der Waals surface area (Å²) in [6.07, 6.45) is 3.62. The molecule has 3 aliphatic heterocycles. The van der Waals surface area contributed by atoms with E-state index < -0.39 is 52.0 Å². The van der Waals surface area contributed by atoms with Crippen molar-refractivity contribution in [3.8, 4) is 28.7 Å². The highest BCUT2D eigenvalue weighted by Gasteiger charge is 2.55. The fraction of sp³-hybridized carbons (Fsp3) is 0.435. The first kappa shape index (κ1) is 61.9. The highest BCUT2D eigenvalue weighted by Crippen LogP contribution is 2.47. The number of benzene rings is 4. The summed E-state index contributed by atoms with van der Waals surface area (Å²) in [6.45, 7) is 13.0. The van der Waals surface area contributed by atoms with Gasteiger partial charge in [0, 0.05) is 23.1 Å². The number of thiazole rings is 1. The van der Waals surface area contributed by atoms with Crippen LogP contribution in [-0.2, 0) is 53.3 Å². The summed E-state index contributed by atoms with van der Waals surface area (Å²) in [6, 6.07) is 25.4. The molecule has 2 saturated heterocycles. The number of aryl methyl sites for hydroxylation is 1. The smallest absolute Gasteiger partial charge is 0.355 e. The SMILES string of the molecule is COc1ccc(COC(=O)C2=C(C[N+]3(CCNC(=O)c4ccc(OCc5ccc(OC)cc5)c(OCc5ccc(OC)cc5)c4Cl)CCCCCC3)CSC3C(CC(=O)/C(=N\OC(C)(C)C(=O)OC(C)(C)C)c4csc(C)n4)C(=O)N23)cc1. The van der Waals surface area contributed by atoms with Gasteiger partial charge in [0.1, 0.15) is 60.6 Å². The van der Waals surface area contributed by atoms with E-state index in [4.69, 9.17) is 49.6 Å². The lowest BCUT2D eigenvalue weighted by Gasteiger charge is -2.50. The van der Waals surface area contributed by atoms with Crippen LogP contribution in [0.1, 0.15) is 104 Å². The number of esters is 2. The van der Waals surface area contributed by atoms with Gasteiger partial charge in [-0.25, -0.2) is 14.6 Å². The third-order valence-electron chi connectivity index (χ3n) is 14.5. The number of rotatable bonds is 25. The number of nitrogens with one attached hydrogen (secondary N) is 1. The monoisotopic (exact) mass is 1190 g/mol. The lowest BCUT2D eigenvalue weighted by molar-refractivity contribution is -0.922. The first-order valence-corrected chi connectivity index (χ1v) is 29.9. The third-order valence-corrected chi connectivity index (χ3v) is 17.0. The maximum atomic E-state index is 14.7. The number of thioether (sulfide) groups is 1. The molecule has 0 bridgehead atoms. The van der Waals surface area contributed by atoms with Crippen LogP contribution < -0.4 is 29.0 Å². The summed E-state index contributed by atoms with van der Waals surface area (Å²) in [5, 5.41) is 9.21. The first-order valence-electron chi connectivity index (χ1n) is 27.6. The van der Waals surface area contributed by atoms with E-state index in [2.05, 4.69) is 15.5 Å². The molecule has 2 atom stereocenters. The van der Waals surface area contributed by atoms with E-state index in [-0.39, 0.29) is 66.2 Å². The van der Waals surface area contributed by atoms with Crippen LogP contribution in [0.25, 0.3) is 0 Å². The summed E-state index contributed by atoms with van der Waals surface area (Å²) >= 11 is 9.91. The second kappa shape index (κ2) is 27.5. The highest BCUT2D eigenvalue weighted by molar-refractivity contribution is 8.00. The summed E-state index contributed by atoms with van der Waals surface area (Å²) in [5.74, 6) is -0.478. The molecule has 5 aromatic rings. The Kier molecular flexibility index (Phi) is 20.5. The molecule has 1 aromatic heterocycles. The van der Waals surface area contributed by atoms with Gasteiger partial charge in [-0.2, -0.15) is 0 Å². The van der Waals surface area contributed by atoms with Gasteiger partial charge in [0.15, 0.2) is 23.0 Å². The number of ether oxygens (including phenoxy) is 7. The maximum Gasteiger partial charge on any atom is 0.355 e. The number of Topliss-reactive ketones (excluding diaryl/α,β-unsaturated/α-hetero) is 1. The summed E-state index contributed by atoms with van der Waals surface area (Å²) in [5.41, 5.74) is 1.30. The molecule has 18 nitrogen and oxygen atoms in total. The molecule has 0 saturated carbocycles. The van der Waals surface area contributed by atoms with Crippen LogP contribution in [0.15, 0.2) is 107 Å². The Morgan fingerprint density at radius 1 is 0.783 bits per heavy atom. The van der Waals surface area contributed by atoms with Gasteiger partial charge < -0.3 is 47.8 Å². The Morgan fingerprint density at radius 2 is 1.36 bits per heavy atom. The molecule has 2 amide bonds. The fourth-order valence-corrected chi connectivity index (χ4v) is 12.2. The average molecular weight is 1200 g/mol. The van der Waals surface area contributed by atoms with E-state index in [0.29, 0.717) is 51.3 Å². The number of hydrogen-bond donors (Lipinski definition) is 1. The molecule has 21 heteroatoms. The van der Waals surface area contributed by atoms with Gasteiger partial charge in [-0.15, -0.1) is 23.1 Å². The quantitative estimate of drug-likeness (QED) is 0.0190. The predicted molar refractivity (Wildman–Crippen MR) is 317 cm³/mol. The van der Waals surface area contributed by atoms with Crippen molar-refractivity contribution in [3.63, 3.8) is 0 Å². The van der Waals surface area contributed by atoms with Crippen LogP contribution in [0.2, 0.25) is 5.02 Å². The molecular weight excluding hydrogens is 1120 g/mol. The number of halogens is 1. The molecule has 2 unspecified atom stereocenters. The summed E-state index contributed by atoms with van der Waals surface area (Å²) in [7, 11) is 4.78. The normalized spacial score (nSPS) is 17.1. The number of aromatic nitrogens is 1. The third kappa shape index (κ3) is 15.8. The minimum absolute atomic E-state index is 0.0630. The van der Waals surface area contributed by atoms with Crippen LogP contribution in [0.4, 0.5) is 0 Å². The molecular formula is C62H73ClN5O13S2+. The van der Waals surface area contributed by atoms with Crippen LogP contribution in [0.3, 0.4) is 0 Å². The number of methoxy groups -OCH3 is 3. The lowest BCUT2D eigenvalue weighted by atomic mass is 9.89. The molecule has 2 fully saturated rings. The van der Waals surface area contributed by atoms with Crippen LogP contribution in [0.5, 0.6) is 28.7 Å². The van der Waals surface area contributed by atoms with Crippen molar-refractivity contribution >= 4 is 69.9 Å². The molecule has 8 rings (SSSR count). The number of quaternary nitrogens is 1. The minimum atomic E-state index is -1.57.